The van der Waals surface area contributed by atoms with E-state index < -0.39 is 17.0 Å². The van der Waals surface area contributed by atoms with Crippen LogP contribution >= 0.6 is 0 Å². The van der Waals surface area contributed by atoms with Crippen LogP contribution in [0.25, 0.3) is 10.8 Å². The number of nitro groups is 1. The van der Waals surface area contributed by atoms with Crippen molar-refractivity contribution in [1.82, 2.24) is 4.98 Å². The molecule has 1 aliphatic carbocycles. The van der Waals surface area contributed by atoms with Crippen LogP contribution in [0.5, 0.6) is 0 Å². The van der Waals surface area contributed by atoms with Crippen LogP contribution < -0.4 is 5.32 Å². The van der Waals surface area contributed by atoms with Crippen LogP contribution in [0, 0.1) is 16.0 Å². The number of hydrogen-bond acceptors (Lipinski definition) is 4. The predicted octanol–water partition coefficient (Wildman–Crippen LogP) is 4.68. The molecule has 1 heterocycles. The zero-order valence-electron chi connectivity index (χ0n) is 12.7. The lowest BCUT2D eigenvalue weighted by molar-refractivity contribution is -0.383. The number of pyridine rings is 1. The average Bonchev–Trinajstić information content (AvgIpc) is 2.54. The van der Waals surface area contributed by atoms with Crippen molar-refractivity contribution < 1.29 is 18.1 Å². The molecule has 0 saturated heterocycles. The lowest BCUT2D eigenvalue weighted by Gasteiger charge is -2.31. The monoisotopic (exact) mass is 339 g/mol. The smallest absolute Gasteiger partial charge is 0.382 e. The minimum absolute atomic E-state index is 0.0209. The van der Waals surface area contributed by atoms with Gasteiger partial charge in [-0.1, -0.05) is 6.42 Å². The fraction of sp³-hybridized carbons (Fsp3) is 0.438. The summed E-state index contributed by atoms with van der Waals surface area (Å²) in [6.07, 6.45) is 0.0700. The van der Waals surface area contributed by atoms with Crippen molar-refractivity contribution in [3.05, 3.63) is 40.7 Å². The topological polar surface area (TPSA) is 68.1 Å². The van der Waals surface area contributed by atoms with Crippen molar-refractivity contribution in [2.24, 2.45) is 5.92 Å². The van der Waals surface area contributed by atoms with Crippen molar-refractivity contribution in [3.8, 4) is 0 Å². The van der Waals surface area contributed by atoms with Crippen molar-refractivity contribution in [2.45, 2.75) is 37.9 Å². The number of nitrogens with zero attached hydrogens (tertiary/aromatic N) is 2. The maximum atomic E-state index is 12.9. The Bertz CT molecular complexity index is 764. The molecule has 1 aromatic carbocycles. The average molecular weight is 339 g/mol. The summed E-state index contributed by atoms with van der Waals surface area (Å²) >= 11 is 0. The van der Waals surface area contributed by atoms with Gasteiger partial charge in [-0.2, -0.15) is 13.2 Å². The first kappa shape index (κ1) is 16.5. The quantitative estimate of drug-likeness (QED) is 0.651. The first-order valence-electron chi connectivity index (χ1n) is 7.70. The van der Waals surface area contributed by atoms with Gasteiger partial charge in [0.2, 0.25) is 0 Å². The number of benzene rings is 1. The second kappa shape index (κ2) is 6.26. The van der Waals surface area contributed by atoms with E-state index in [4.69, 9.17) is 0 Å². The third kappa shape index (κ3) is 3.27. The molecule has 2 atom stereocenters. The van der Waals surface area contributed by atoms with Crippen molar-refractivity contribution in [3.63, 3.8) is 0 Å². The molecule has 1 N–H and O–H groups in total. The Morgan fingerprint density at radius 2 is 2.00 bits per heavy atom. The van der Waals surface area contributed by atoms with Gasteiger partial charge in [0.25, 0.3) is 5.69 Å². The largest absolute Gasteiger partial charge is 0.391 e. The second-order valence-electron chi connectivity index (χ2n) is 6.06. The Morgan fingerprint density at radius 3 is 2.71 bits per heavy atom. The van der Waals surface area contributed by atoms with Gasteiger partial charge >= 0.3 is 6.18 Å². The molecule has 0 spiro atoms. The molecule has 128 valence electrons. The van der Waals surface area contributed by atoms with Gasteiger partial charge in [0, 0.05) is 35.6 Å². The van der Waals surface area contributed by atoms with Gasteiger partial charge in [-0.3, -0.25) is 15.1 Å². The second-order valence-corrected chi connectivity index (χ2v) is 6.06. The van der Waals surface area contributed by atoms with Crippen LogP contribution in [-0.4, -0.2) is 22.1 Å². The summed E-state index contributed by atoms with van der Waals surface area (Å²) in [5, 5.41) is 15.2. The minimum Gasteiger partial charge on any atom is -0.382 e. The number of halogens is 3. The number of aromatic nitrogens is 1. The van der Waals surface area contributed by atoms with Crippen LogP contribution in [-0.2, 0) is 0 Å². The molecule has 3 rings (SSSR count). The fourth-order valence-corrected chi connectivity index (χ4v) is 3.30. The summed E-state index contributed by atoms with van der Waals surface area (Å²) in [5.41, 5.74) is 0.534. The summed E-state index contributed by atoms with van der Waals surface area (Å²) in [4.78, 5) is 14.5. The van der Waals surface area contributed by atoms with Gasteiger partial charge in [0.15, 0.2) is 0 Å². The van der Waals surface area contributed by atoms with Crippen molar-refractivity contribution >= 4 is 22.1 Å². The van der Waals surface area contributed by atoms with Crippen LogP contribution in [0.1, 0.15) is 25.7 Å². The number of nitrogens with one attached hydrogen (secondary N) is 1. The molecule has 1 aromatic heterocycles. The van der Waals surface area contributed by atoms with Crippen LogP contribution in [0.2, 0.25) is 0 Å². The Morgan fingerprint density at radius 1 is 1.21 bits per heavy atom. The highest BCUT2D eigenvalue weighted by molar-refractivity contribution is 5.99. The van der Waals surface area contributed by atoms with Gasteiger partial charge in [-0.05, 0) is 31.4 Å². The molecule has 5 nitrogen and oxygen atoms in total. The van der Waals surface area contributed by atoms with E-state index in [-0.39, 0.29) is 24.6 Å². The van der Waals surface area contributed by atoms with Crippen LogP contribution in [0.15, 0.2) is 30.6 Å². The summed E-state index contributed by atoms with van der Waals surface area (Å²) < 4.78 is 38.8. The van der Waals surface area contributed by atoms with E-state index in [0.29, 0.717) is 29.3 Å². The number of nitro benzene ring substituents is 1. The lowest BCUT2D eigenvalue weighted by Crippen LogP contribution is -2.34. The highest BCUT2D eigenvalue weighted by Gasteiger charge is 2.42. The summed E-state index contributed by atoms with van der Waals surface area (Å²) in [7, 11) is 0. The first-order chi connectivity index (χ1) is 11.4. The summed E-state index contributed by atoms with van der Waals surface area (Å²) in [5.74, 6) is -1.30. The molecular weight excluding hydrogens is 323 g/mol. The first-order valence-corrected chi connectivity index (χ1v) is 7.70. The molecule has 1 fully saturated rings. The summed E-state index contributed by atoms with van der Waals surface area (Å²) in [6, 6.07) is 4.24. The van der Waals surface area contributed by atoms with Crippen LogP contribution in [0.3, 0.4) is 0 Å². The third-order valence-corrected chi connectivity index (χ3v) is 4.49. The molecule has 0 radical (unpaired) electrons. The Kier molecular flexibility index (Phi) is 4.29. The zero-order chi connectivity index (χ0) is 17.3. The fourth-order valence-electron chi connectivity index (χ4n) is 3.30. The van der Waals surface area contributed by atoms with Gasteiger partial charge in [-0.15, -0.1) is 0 Å². The molecule has 0 bridgehead atoms. The highest BCUT2D eigenvalue weighted by Crippen LogP contribution is 2.39. The maximum Gasteiger partial charge on any atom is 0.391 e. The standard InChI is InChI=1S/C16H16F3N3O2/c17-16(18,19)10-2-1-3-11(8-10)21-14-4-5-15(22(23)24)13-9-20-7-6-12(13)14/h4-7,9-11,21H,1-3,8H2. The van der Waals surface area contributed by atoms with E-state index in [2.05, 4.69) is 10.3 Å². The van der Waals surface area contributed by atoms with Crippen molar-refractivity contribution in [1.29, 1.82) is 0 Å². The Hall–Kier alpha value is -2.38. The van der Waals surface area contributed by atoms with E-state index in [1.807, 2.05) is 0 Å². The molecule has 8 heteroatoms. The van der Waals surface area contributed by atoms with Gasteiger partial charge in [0.05, 0.1) is 16.2 Å². The number of fused-ring (bicyclic) bond motifs is 1. The zero-order valence-corrected chi connectivity index (χ0v) is 12.7. The number of rotatable bonds is 3. The molecule has 24 heavy (non-hydrogen) atoms. The van der Waals surface area contributed by atoms with Gasteiger partial charge in [-0.25, -0.2) is 0 Å². The molecule has 0 aliphatic heterocycles. The number of anilines is 1. The highest BCUT2D eigenvalue weighted by atomic mass is 19.4. The van der Waals surface area contributed by atoms with Crippen molar-refractivity contribution in [2.75, 3.05) is 5.32 Å². The van der Waals surface area contributed by atoms with Gasteiger partial charge in [0.1, 0.15) is 0 Å². The molecule has 1 saturated carbocycles. The Labute approximate surface area is 136 Å². The van der Waals surface area contributed by atoms with E-state index >= 15 is 0 Å². The minimum atomic E-state index is -4.18. The maximum absolute atomic E-state index is 12.9. The number of non-ortho nitro benzene ring substituents is 1. The number of hydrogen-bond donors (Lipinski definition) is 1. The van der Waals surface area contributed by atoms with E-state index in [1.54, 1.807) is 12.1 Å². The summed E-state index contributed by atoms with van der Waals surface area (Å²) in [6.45, 7) is 0. The van der Waals surface area contributed by atoms with Crippen LogP contribution in [0.4, 0.5) is 24.5 Å². The Balaban J connectivity index is 1.88. The molecule has 2 unspecified atom stereocenters. The number of alkyl halides is 3. The van der Waals surface area contributed by atoms with Gasteiger partial charge < -0.3 is 5.32 Å². The normalized spacial score (nSPS) is 21.6. The van der Waals surface area contributed by atoms with E-state index in [0.717, 1.165) is 0 Å². The van der Waals surface area contributed by atoms with E-state index in [9.17, 15) is 23.3 Å². The lowest BCUT2D eigenvalue weighted by atomic mass is 9.85. The molecule has 2 aromatic rings. The molecule has 0 amide bonds. The van der Waals surface area contributed by atoms with E-state index in [1.165, 1.54) is 18.5 Å². The predicted molar refractivity (Wildman–Crippen MR) is 83.8 cm³/mol. The SMILES string of the molecule is O=[N+]([O-])c1ccc(NC2CCCC(C(F)(F)F)C2)c2ccncc12. The molecular formula is C16H16F3N3O2. The molecule has 1 aliphatic rings. The third-order valence-electron chi connectivity index (χ3n) is 4.49.